The zero-order valence-corrected chi connectivity index (χ0v) is 16.9. The number of morpholine rings is 1. The number of benzene rings is 1. The van der Waals surface area contributed by atoms with Crippen molar-refractivity contribution in [3.05, 3.63) is 22.7 Å². The molecule has 2 atom stereocenters. The highest BCUT2D eigenvalue weighted by Gasteiger charge is 2.32. The summed E-state index contributed by atoms with van der Waals surface area (Å²) < 4.78 is 16.5. The number of halogens is 1. The van der Waals surface area contributed by atoms with Crippen LogP contribution in [-0.2, 0) is 11.3 Å². The van der Waals surface area contributed by atoms with E-state index in [0.29, 0.717) is 16.5 Å². The number of nitrogens with one attached hydrogen (secondary N) is 1. The molecule has 0 amide bonds. The fraction of sp³-hybridized carbons (Fsp3) is 0.684. The molecule has 0 aliphatic carbocycles. The molecule has 2 unspecified atom stereocenters. The van der Waals surface area contributed by atoms with Crippen molar-refractivity contribution in [2.45, 2.75) is 52.0 Å². The second-order valence-electron chi connectivity index (χ2n) is 7.39. The molecule has 1 aromatic carbocycles. The second kappa shape index (κ2) is 8.58. The average Bonchev–Trinajstić information content (AvgIpc) is 2.53. The van der Waals surface area contributed by atoms with Crippen LogP contribution in [0.4, 0.5) is 0 Å². The third-order valence-electron chi connectivity index (χ3n) is 4.66. The summed E-state index contributed by atoms with van der Waals surface area (Å²) in [6.07, 6.45) is 0.542. The summed E-state index contributed by atoms with van der Waals surface area (Å²) in [6, 6.07) is 3.88. The number of hydrogen-bond acceptors (Lipinski definition) is 5. The number of nitrogens with zero attached hydrogens (tertiary/aromatic N) is 1. The van der Waals surface area contributed by atoms with Crippen LogP contribution < -0.4 is 14.8 Å². The van der Waals surface area contributed by atoms with E-state index in [4.69, 9.17) is 25.8 Å². The molecule has 1 aromatic rings. The summed E-state index contributed by atoms with van der Waals surface area (Å²) in [4.78, 5) is 2.50. The average molecular weight is 371 g/mol. The Bertz CT molecular complexity index is 570. The van der Waals surface area contributed by atoms with E-state index in [9.17, 15) is 0 Å². The second-order valence-corrected chi connectivity index (χ2v) is 7.80. The molecule has 142 valence electrons. The van der Waals surface area contributed by atoms with Gasteiger partial charge in [-0.3, -0.25) is 4.90 Å². The van der Waals surface area contributed by atoms with E-state index in [-0.39, 0.29) is 17.7 Å². The van der Waals surface area contributed by atoms with Gasteiger partial charge in [-0.15, -0.1) is 0 Å². The predicted octanol–water partition coefficient (Wildman–Crippen LogP) is 3.33. The highest BCUT2D eigenvalue weighted by molar-refractivity contribution is 6.32. The van der Waals surface area contributed by atoms with E-state index in [0.717, 1.165) is 31.7 Å². The van der Waals surface area contributed by atoms with Crippen LogP contribution in [0.1, 0.15) is 33.3 Å². The summed E-state index contributed by atoms with van der Waals surface area (Å²) in [5.41, 5.74) is 1.12. The molecular formula is C19H31ClN2O3. The van der Waals surface area contributed by atoms with Gasteiger partial charge in [0.1, 0.15) is 0 Å². The molecule has 25 heavy (non-hydrogen) atoms. The molecule has 1 aliphatic rings. The van der Waals surface area contributed by atoms with Crippen LogP contribution in [-0.4, -0.2) is 56.5 Å². The molecule has 2 rings (SSSR count). The first kappa shape index (κ1) is 20.3. The Morgan fingerprint density at radius 2 is 1.84 bits per heavy atom. The van der Waals surface area contributed by atoms with Gasteiger partial charge in [0.2, 0.25) is 0 Å². The highest BCUT2D eigenvalue weighted by atomic mass is 35.5. The van der Waals surface area contributed by atoms with Crippen LogP contribution in [0.15, 0.2) is 12.1 Å². The highest BCUT2D eigenvalue weighted by Crippen LogP contribution is 2.36. The summed E-state index contributed by atoms with van der Waals surface area (Å²) in [5, 5.41) is 4.11. The van der Waals surface area contributed by atoms with Gasteiger partial charge in [0.05, 0.1) is 31.5 Å². The van der Waals surface area contributed by atoms with Crippen molar-refractivity contribution in [3.8, 4) is 11.5 Å². The zero-order chi connectivity index (χ0) is 18.6. The molecule has 1 N–H and O–H groups in total. The number of methoxy groups -OCH3 is 2. The van der Waals surface area contributed by atoms with Gasteiger partial charge in [0, 0.05) is 31.7 Å². The van der Waals surface area contributed by atoms with Crippen molar-refractivity contribution in [1.82, 2.24) is 10.2 Å². The van der Waals surface area contributed by atoms with Gasteiger partial charge in [-0.2, -0.15) is 0 Å². The van der Waals surface area contributed by atoms with Crippen LogP contribution in [0.3, 0.4) is 0 Å². The minimum atomic E-state index is 0.0483. The molecule has 1 saturated heterocycles. The number of ether oxygens (including phenoxy) is 3. The molecule has 0 saturated carbocycles. The zero-order valence-electron chi connectivity index (χ0n) is 16.2. The van der Waals surface area contributed by atoms with Crippen molar-refractivity contribution in [2.24, 2.45) is 0 Å². The largest absolute Gasteiger partial charge is 0.493 e. The molecule has 0 spiro atoms. The van der Waals surface area contributed by atoms with Gasteiger partial charge in [0.15, 0.2) is 11.5 Å². The molecule has 1 fully saturated rings. The van der Waals surface area contributed by atoms with Crippen molar-refractivity contribution in [2.75, 3.05) is 33.9 Å². The Hall–Kier alpha value is -1.01. The molecule has 6 heteroatoms. The van der Waals surface area contributed by atoms with Crippen LogP contribution in [0, 0.1) is 0 Å². The summed E-state index contributed by atoms with van der Waals surface area (Å²) in [5.74, 6) is 1.23. The fourth-order valence-corrected chi connectivity index (χ4v) is 3.68. The van der Waals surface area contributed by atoms with E-state index < -0.39 is 0 Å². The molecule has 1 aliphatic heterocycles. The van der Waals surface area contributed by atoms with Crippen LogP contribution >= 0.6 is 11.6 Å². The minimum absolute atomic E-state index is 0.0483. The maximum Gasteiger partial charge on any atom is 0.179 e. The normalized spacial score (nSPS) is 22.0. The van der Waals surface area contributed by atoms with Gasteiger partial charge in [-0.1, -0.05) is 11.6 Å². The summed E-state index contributed by atoms with van der Waals surface area (Å²) in [7, 11) is 3.21. The van der Waals surface area contributed by atoms with Crippen molar-refractivity contribution < 1.29 is 14.2 Å². The number of rotatable bonds is 7. The molecule has 0 aromatic heterocycles. The standard InChI is InChI=1S/C19H31ClN2O3/c1-13-10-22(11-14(2)25-13)19(3,4)12-21-9-15-7-16(20)18(24-6)17(8-15)23-5/h7-8,13-14,21H,9-12H2,1-6H3. The Morgan fingerprint density at radius 3 is 2.40 bits per heavy atom. The monoisotopic (exact) mass is 370 g/mol. The third-order valence-corrected chi connectivity index (χ3v) is 4.94. The molecule has 5 nitrogen and oxygen atoms in total. The molecule has 0 radical (unpaired) electrons. The lowest BCUT2D eigenvalue weighted by molar-refractivity contribution is -0.0952. The van der Waals surface area contributed by atoms with Crippen LogP contribution in [0.5, 0.6) is 11.5 Å². The van der Waals surface area contributed by atoms with E-state index in [1.165, 1.54) is 0 Å². The number of hydrogen-bond donors (Lipinski definition) is 1. The van der Waals surface area contributed by atoms with Gasteiger partial charge < -0.3 is 19.5 Å². The van der Waals surface area contributed by atoms with Crippen LogP contribution in [0.2, 0.25) is 5.02 Å². The van der Waals surface area contributed by atoms with Crippen molar-refractivity contribution in [3.63, 3.8) is 0 Å². The lowest BCUT2D eigenvalue weighted by atomic mass is 10.00. The smallest absolute Gasteiger partial charge is 0.179 e. The maximum atomic E-state index is 6.28. The first-order valence-corrected chi connectivity index (χ1v) is 9.16. The van der Waals surface area contributed by atoms with Crippen LogP contribution in [0.25, 0.3) is 0 Å². The Morgan fingerprint density at radius 1 is 1.20 bits per heavy atom. The van der Waals surface area contributed by atoms with Gasteiger partial charge in [-0.25, -0.2) is 0 Å². The maximum absolute atomic E-state index is 6.28. The van der Waals surface area contributed by atoms with E-state index in [1.807, 2.05) is 12.1 Å². The van der Waals surface area contributed by atoms with E-state index >= 15 is 0 Å². The van der Waals surface area contributed by atoms with Crippen molar-refractivity contribution in [1.29, 1.82) is 0 Å². The van der Waals surface area contributed by atoms with E-state index in [2.05, 4.69) is 37.9 Å². The first-order chi connectivity index (χ1) is 11.8. The lowest BCUT2D eigenvalue weighted by Crippen LogP contribution is -2.58. The summed E-state index contributed by atoms with van der Waals surface area (Å²) in [6.45, 7) is 12.3. The van der Waals surface area contributed by atoms with Gasteiger partial charge in [0.25, 0.3) is 0 Å². The van der Waals surface area contributed by atoms with Crippen molar-refractivity contribution >= 4 is 11.6 Å². The Kier molecular flexibility index (Phi) is 6.97. The molecule has 0 bridgehead atoms. The topological polar surface area (TPSA) is 43.0 Å². The lowest BCUT2D eigenvalue weighted by Gasteiger charge is -2.45. The van der Waals surface area contributed by atoms with Gasteiger partial charge >= 0.3 is 0 Å². The Labute approximate surface area is 156 Å². The Balaban J connectivity index is 1.96. The quantitative estimate of drug-likeness (QED) is 0.797. The third kappa shape index (κ3) is 5.23. The molecular weight excluding hydrogens is 340 g/mol. The SMILES string of the molecule is COc1cc(CNCC(C)(C)N2CC(C)OC(C)C2)cc(Cl)c1OC. The van der Waals surface area contributed by atoms with Gasteiger partial charge in [-0.05, 0) is 45.4 Å². The van der Waals surface area contributed by atoms with E-state index in [1.54, 1.807) is 14.2 Å². The fourth-order valence-electron chi connectivity index (χ4n) is 3.37. The minimum Gasteiger partial charge on any atom is -0.493 e. The first-order valence-electron chi connectivity index (χ1n) is 8.78. The predicted molar refractivity (Wildman–Crippen MR) is 102 cm³/mol. The summed E-state index contributed by atoms with van der Waals surface area (Å²) >= 11 is 6.28. The molecule has 1 heterocycles.